The molecule has 0 saturated carbocycles. The first-order valence-electron chi connectivity index (χ1n) is 6.29. The number of alkyl halides is 2. The lowest BCUT2D eigenvalue weighted by atomic mass is 9.78. The molecule has 0 aromatic carbocycles. The van der Waals surface area contributed by atoms with Gasteiger partial charge in [0.15, 0.2) is 0 Å². The van der Waals surface area contributed by atoms with E-state index in [1.54, 1.807) is 0 Å². The number of rotatable bonds is 9. The highest BCUT2D eigenvalue weighted by Gasteiger charge is 2.28. The molecule has 1 atom stereocenters. The highest BCUT2D eigenvalue weighted by Crippen LogP contribution is 2.36. The molecular weight excluding hydrogens is 227 g/mol. The monoisotopic (exact) mass is 252 g/mol. The number of hydrogen-bond donors (Lipinski definition) is 0. The summed E-state index contributed by atoms with van der Waals surface area (Å²) >= 11 is 12.2. The zero-order chi connectivity index (χ0) is 11.7. The summed E-state index contributed by atoms with van der Waals surface area (Å²) in [6, 6.07) is 0. The van der Waals surface area contributed by atoms with Crippen molar-refractivity contribution in [1.29, 1.82) is 0 Å². The minimum absolute atomic E-state index is 0.178. The van der Waals surface area contributed by atoms with Crippen LogP contribution in [0.3, 0.4) is 0 Å². The number of halogens is 2. The van der Waals surface area contributed by atoms with Crippen LogP contribution < -0.4 is 0 Å². The summed E-state index contributed by atoms with van der Waals surface area (Å²) in [6.45, 7) is 6.74. The Hall–Kier alpha value is 0.580. The predicted molar refractivity (Wildman–Crippen MR) is 72.1 cm³/mol. The minimum atomic E-state index is 0.178. The lowest BCUT2D eigenvalue weighted by molar-refractivity contribution is 0.248. The SMILES string of the molecule is CCCCC(CC)CC(CC)(CCl)CCl. The molecule has 0 rings (SSSR count). The quantitative estimate of drug-likeness (QED) is 0.478. The van der Waals surface area contributed by atoms with E-state index in [9.17, 15) is 0 Å². The van der Waals surface area contributed by atoms with Gasteiger partial charge in [0.2, 0.25) is 0 Å². The van der Waals surface area contributed by atoms with Crippen molar-refractivity contribution in [1.82, 2.24) is 0 Å². The van der Waals surface area contributed by atoms with Crippen molar-refractivity contribution < 1.29 is 0 Å². The Morgan fingerprint density at radius 1 is 1.07 bits per heavy atom. The van der Waals surface area contributed by atoms with E-state index in [0.29, 0.717) is 11.8 Å². The van der Waals surface area contributed by atoms with Crippen LogP contribution in [0.1, 0.15) is 59.3 Å². The third-order valence-corrected chi connectivity index (χ3v) is 4.72. The van der Waals surface area contributed by atoms with Crippen LogP contribution in [-0.2, 0) is 0 Å². The van der Waals surface area contributed by atoms with Gasteiger partial charge in [-0.2, -0.15) is 0 Å². The first kappa shape index (κ1) is 15.6. The van der Waals surface area contributed by atoms with Crippen LogP contribution in [0, 0.1) is 11.3 Å². The van der Waals surface area contributed by atoms with Crippen LogP contribution in [0.15, 0.2) is 0 Å². The van der Waals surface area contributed by atoms with Gasteiger partial charge in [-0.1, -0.05) is 46.5 Å². The second-order valence-corrected chi connectivity index (χ2v) is 5.28. The molecular formula is C13H26Cl2. The Labute approximate surface area is 106 Å². The van der Waals surface area contributed by atoms with Crippen LogP contribution in [0.4, 0.5) is 0 Å². The van der Waals surface area contributed by atoms with E-state index in [2.05, 4.69) is 20.8 Å². The molecule has 0 fully saturated rings. The molecule has 0 amide bonds. The van der Waals surface area contributed by atoms with E-state index in [1.165, 1.54) is 32.1 Å². The molecule has 2 heteroatoms. The highest BCUT2D eigenvalue weighted by atomic mass is 35.5. The van der Waals surface area contributed by atoms with Crippen LogP contribution in [0.2, 0.25) is 0 Å². The van der Waals surface area contributed by atoms with Crippen LogP contribution in [-0.4, -0.2) is 11.8 Å². The van der Waals surface area contributed by atoms with E-state index < -0.39 is 0 Å². The Kier molecular flexibility index (Phi) is 9.04. The number of unbranched alkanes of at least 4 members (excludes halogenated alkanes) is 1. The predicted octanol–water partition coefficient (Wildman–Crippen LogP) is 5.47. The van der Waals surface area contributed by atoms with Gasteiger partial charge in [-0.05, 0) is 24.2 Å². The smallest absolute Gasteiger partial charge is 0.0291 e. The lowest BCUT2D eigenvalue weighted by Gasteiger charge is -2.32. The van der Waals surface area contributed by atoms with E-state index in [0.717, 1.165) is 12.3 Å². The van der Waals surface area contributed by atoms with Gasteiger partial charge in [-0.15, -0.1) is 23.2 Å². The molecule has 0 aromatic heterocycles. The maximum absolute atomic E-state index is 6.08. The molecule has 0 aromatic rings. The van der Waals surface area contributed by atoms with E-state index >= 15 is 0 Å². The van der Waals surface area contributed by atoms with Crippen molar-refractivity contribution >= 4 is 23.2 Å². The standard InChI is InChI=1S/C13H26Cl2/c1-4-7-8-12(5-2)9-13(6-3,10-14)11-15/h12H,4-11H2,1-3H3. The fourth-order valence-corrected chi connectivity index (χ4v) is 2.92. The molecule has 0 spiro atoms. The van der Waals surface area contributed by atoms with Gasteiger partial charge < -0.3 is 0 Å². The second kappa shape index (κ2) is 8.70. The summed E-state index contributed by atoms with van der Waals surface area (Å²) < 4.78 is 0. The van der Waals surface area contributed by atoms with Crippen molar-refractivity contribution in [2.45, 2.75) is 59.3 Å². The second-order valence-electron chi connectivity index (χ2n) is 4.74. The lowest BCUT2D eigenvalue weighted by Crippen LogP contribution is -2.27. The maximum Gasteiger partial charge on any atom is 0.0291 e. The Bertz CT molecular complexity index is 133. The first-order valence-corrected chi connectivity index (χ1v) is 7.36. The van der Waals surface area contributed by atoms with Crippen molar-refractivity contribution in [3.63, 3.8) is 0 Å². The molecule has 92 valence electrons. The normalized spacial score (nSPS) is 14.2. The zero-order valence-corrected chi connectivity index (χ0v) is 12.0. The topological polar surface area (TPSA) is 0 Å². The fraction of sp³-hybridized carbons (Fsp3) is 1.00. The van der Waals surface area contributed by atoms with Crippen molar-refractivity contribution in [2.24, 2.45) is 11.3 Å². The third-order valence-electron chi connectivity index (χ3n) is 3.58. The first-order chi connectivity index (χ1) is 7.17. The molecule has 15 heavy (non-hydrogen) atoms. The van der Waals surface area contributed by atoms with E-state index in [1.807, 2.05) is 0 Å². The summed E-state index contributed by atoms with van der Waals surface area (Å²) in [7, 11) is 0. The summed E-state index contributed by atoms with van der Waals surface area (Å²) in [4.78, 5) is 0. The summed E-state index contributed by atoms with van der Waals surface area (Å²) in [6.07, 6.45) is 7.52. The molecule has 0 aliphatic heterocycles. The molecule has 0 bridgehead atoms. The van der Waals surface area contributed by atoms with Gasteiger partial charge in [0, 0.05) is 11.8 Å². The molecule has 0 N–H and O–H groups in total. The molecule has 0 radical (unpaired) electrons. The summed E-state index contributed by atoms with van der Waals surface area (Å²) in [5.41, 5.74) is 0.178. The molecule has 0 aliphatic carbocycles. The maximum atomic E-state index is 6.08. The van der Waals surface area contributed by atoms with Gasteiger partial charge in [0.25, 0.3) is 0 Å². The average Bonchev–Trinajstić information content (AvgIpc) is 2.30. The molecule has 0 saturated heterocycles. The van der Waals surface area contributed by atoms with Gasteiger partial charge >= 0.3 is 0 Å². The van der Waals surface area contributed by atoms with Gasteiger partial charge in [-0.25, -0.2) is 0 Å². The average molecular weight is 253 g/mol. The van der Waals surface area contributed by atoms with Gasteiger partial charge in [0.05, 0.1) is 0 Å². The molecule has 0 aliphatic rings. The fourth-order valence-electron chi connectivity index (χ4n) is 2.03. The van der Waals surface area contributed by atoms with Crippen molar-refractivity contribution in [3.8, 4) is 0 Å². The van der Waals surface area contributed by atoms with Gasteiger partial charge in [-0.3, -0.25) is 0 Å². The van der Waals surface area contributed by atoms with Crippen LogP contribution in [0.5, 0.6) is 0 Å². The van der Waals surface area contributed by atoms with Crippen molar-refractivity contribution in [2.75, 3.05) is 11.8 Å². The highest BCUT2D eigenvalue weighted by molar-refractivity contribution is 6.21. The van der Waals surface area contributed by atoms with Crippen LogP contribution >= 0.6 is 23.2 Å². The number of hydrogen-bond acceptors (Lipinski definition) is 0. The minimum Gasteiger partial charge on any atom is -0.126 e. The zero-order valence-electron chi connectivity index (χ0n) is 10.5. The molecule has 1 unspecified atom stereocenters. The summed E-state index contributed by atoms with van der Waals surface area (Å²) in [5, 5.41) is 0. The molecule has 0 heterocycles. The summed E-state index contributed by atoms with van der Waals surface area (Å²) in [5.74, 6) is 2.22. The van der Waals surface area contributed by atoms with Crippen LogP contribution in [0.25, 0.3) is 0 Å². The largest absolute Gasteiger partial charge is 0.126 e. The third kappa shape index (κ3) is 5.45. The van der Waals surface area contributed by atoms with Gasteiger partial charge in [0.1, 0.15) is 0 Å². The van der Waals surface area contributed by atoms with E-state index in [-0.39, 0.29) is 5.41 Å². The Morgan fingerprint density at radius 3 is 2.00 bits per heavy atom. The van der Waals surface area contributed by atoms with Crippen molar-refractivity contribution in [3.05, 3.63) is 0 Å². The Morgan fingerprint density at radius 2 is 1.67 bits per heavy atom. The van der Waals surface area contributed by atoms with E-state index in [4.69, 9.17) is 23.2 Å². The Balaban J connectivity index is 4.21. The molecule has 0 nitrogen and oxygen atoms in total.